The molecule has 0 fully saturated rings. The van der Waals surface area contributed by atoms with Gasteiger partial charge in [0.05, 0.1) is 3.57 Å². The van der Waals surface area contributed by atoms with Crippen molar-refractivity contribution >= 4 is 22.6 Å². The van der Waals surface area contributed by atoms with Crippen molar-refractivity contribution in [1.29, 1.82) is 0 Å². The molecule has 3 rings (SSSR count). The molecular weight excluding hydrogens is 339 g/mol. The van der Waals surface area contributed by atoms with Crippen LogP contribution in [-0.4, -0.2) is 9.97 Å². The lowest BCUT2D eigenvalue weighted by Gasteiger charge is -2.16. The van der Waals surface area contributed by atoms with Gasteiger partial charge in [-0.1, -0.05) is 6.07 Å². The number of aromatic nitrogens is 2. The number of fused-ring (bicyclic) bond motifs is 1. The summed E-state index contributed by atoms with van der Waals surface area (Å²) in [5, 5.41) is 0. The third kappa shape index (κ3) is 2.48. The Morgan fingerprint density at radius 1 is 1.11 bits per heavy atom. The van der Waals surface area contributed by atoms with Crippen LogP contribution < -0.4 is 4.74 Å². The quantitative estimate of drug-likeness (QED) is 0.773. The Kier molecular flexibility index (Phi) is 3.45. The number of hydrogen-bond acceptors (Lipinski definition) is 3. The van der Waals surface area contributed by atoms with Crippen molar-refractivity contribution in [2.24, 2.45) is 0 Å². The molecule has 1 aliphatic carbocycles. The highest BCUT2D eigenvalue weighted by Gasteiger charge is 2.11. The Balaban J connectivity index is 1.87. The Hall–Kier alpha value is -1.17. The van der Waals surface area contributed by atoms with Crippen molar-refractivity contribution in [1.82, 2.24) is 9.97 Å². The normalized spacial score (nSPS) is 14.1. The van der Waals surface area contributed by atoms with Crippen LogP contribution in [0.15, 0.2) is 30.7 Å². The van der Waals surface area contributed by atoms with E-state index >= 15 is 0 Å². The minimum absolute atomic E-state index is 0.626. The van der Waals surface area contributed by atoms with Gasteiger partial charge in [0.2, 0.25) is 5.88 Å². The Bertz CT molecular complexity index is 571. The van der Waals surface area contributed by atoms with Gasteiger partial charge in [0.25, 0.3) is 0 Å². The number of hydrogen-bond donors (Lipinski definition) is 0. The maximum Gasteiger partial charge on any atom is 0.235 e. The number of benzene rings is 1. The van der Waals surface area contributed by atoms with Crippen LogP contribution in [0.25, 0.3) is 0 Å². The molecule has 0 atom stereocenters. The van der Waals surface area contributed by atoms with Gasteiger partial charge in [-0.3, -0.25) is 0 Å². The van der Waals surface area contributed by atoms with Crippen LogP contribution in [0.5, 0.6) is 11.6 Å². The molecule has 0 unspecified atom stereocenters. The molecule has 0 amide bonds. The van der Waals surface area contributed by atoms with Crippen LogP contribution in [0.4, 0.5) is 0 Å². The molecule has 0 spiro atoms. The van der Waals surface area contributed by atoms with Gasteiger partial charge in [0.1, 0.15) is 12.1 Å². The fraction of sp³-hybridized carbons (Fsp3) is 0.286. The maximum absolute atomic E-state index is 5.82. The molecule has 92 valence electrons. The molecule has 0 radical (unpaired) electrons. The summed E-state index contributed by atoms with van der Waals surface area (Å²) in [4.78, 5) is 8.10. The van der Waals surface area contributed by atoms with Crippen molar-refractivity contribution in [3.8, 4) is 11.6 Å². The third-order valence-corrected chi connectivity index (χ3v) is 3.91. The lowest BCUT2D eigenvalue weighted by atomic mass is 9.92. The van der Waals surface area contributed by atoms with Gasteiger partial charge in [-0.2, -0.15) is 0 Å². The van der Waals surface area contributed by atoms with Crippen LogP contribution in [0.3, 0.4) is 0 Å². The fourth-order valence-electron chi connectivity index (χ4n) is 2.26. The highest BCUT2D eigenvalue weighted by molar-refractivity contribution is 14.1. The van der Waals surface area contributed by atoms with E-state index in [1.165, 1.54) is 36.7 Å². The highest BCUT2D eigenvalue weighted by Crippen LogP contribution is 2.28. The van der Waals surface area contributed by atoms with Crippen molar-refractivity contribution in [2.75, 3.05) is 0 Å². The number of rotatable bonds is 2. The molecule has 4 heteroatoms. The summed E-state index contributed by atoms with van der Waals surface area (Å²) in [6, 6.07) is 6.35. The van der Waals surface area contributed by atoms with Crippen molar-refractivity contribution in [2.45, 2.75) is 25.7 Å². The summed E-state index contributed by atoms with van der Waals surface area (Å²) >= 11 is 2.18. The van der Waals surface area contributed by atoms with Gasteiger partial charge in [-0.15, -0.1) is 0 Å². The van der Waals surface area contributed by atoms with Gasteiger partial charge >= 0.3 is 0 Å². The van der Waals surface area contributed by atoms with E-state index in [0.29, 0.717) is 5.88 Å². The lowest BCUT2D eigenvalue weighted by Crippen LogP contribution is -2.02. The Labute approximate surface area is 120 Å². The second-order valence-electron chi connectivity index (χ2n) is 4.42. The molecule has 0 N–H and O–H groups in total. The summed E-state index contributed by atoms with van der Waals surface area (Å²) in [5.74, 6) is 1.49. The van der Waals surface area contributed by atoms with E-state index < -0.39 is 0 Å². The van der Waals surface area contributed by atoms with Gasteiger partial charge in [-0.25, -0.2) is 9.97 Å². The first kappa shape index (κ1) is 11.9. The van der Waals surface area contributed by atoms with E-state index in [-0.39, 0.29) is 0 Å². The maximum atomic E-state index is 5.82. The number of halogens is 1. The molecular formula is C14H13IN2O. The van der Waals surface area contributed by atoms with E-state index in [9.17, 15) is 0 Å². The second kappa shape index (κ2) is 5.22. The molecule has 3 nitrogen and oxygen atoms in total. The first-order valence-electron chi connectivity index (χ1n) is 6.08. The highest BCUT2D eigenvalue weighted by atomic mass is 127. The zero-order valence-corrected chi connectivity index (χ0v) is 12.1. The van der Waals surface area contributed by atoms with Crippen LogP contribution >= 0.6 is 22.6 Å². The summed E-state index contributed by atoms with van der Waals surface area (Å²) in [7, 11) is 0. The fourth-order valence-corrected chi connectivity index (χ4v) is 2.67. The third-order valence-electron chi connectivity index (χ3n) is 3.17. The minimum atomic E-state index is 0.626. The Morgan fingerprint density at radius 3 is 2.78 bits per heavy atom. The summed E-state index contributed by atoms with van der Waals surface area (Å²) in [5.41, 5.74) is 2.88. The van der Waals surface area contributed by atoms with Crippen molar-refractivity contribution in [3.05, 3.63) is 45.4 Å². The van der Waals surface area contributed by atoms with Crippen LogP contribution in [0.2, 0.25) is 0 Å². The number of aryl methyl sites for hydroxylation is 2. The van der Waals surface area contributed by atoms with E-state index in [1.807, 2.05) is 6.07 Å². The molecule has 1 aromatic carbocycles. The summed E-state index contributed by atoms with van der Waals surface area (Å²) in [6.45, 7) is 0. The molecule has 1 aromatic heterocycles. The second-order valence-corrected chi connectivity index (χ2v) is 5.58. The predicted molar refractivity (Wildman–Crippen MR) is 77.9 cm³/mol. The first-order chi connectivity index (χ1) is 8.83. The molecule has 0 aliphatic heterocycles. The van der Waals surface area contributed by atoms with Crippen molar-refractivity contribution in [3.63, 3.8) is 0 Å². The molecule has 0 bridgehead atoms. The standard InChI is InChI=1S/C14H13IN2O/c15-13-8-16-9-17-14(13)18-12-6-5-10-3-1-2-4-11(10)7-12/h5-9H,1-4H2. The topological polar surface area (TPSA) is 35.0 Å². The molecule has 2 aromatic rings. The van der Waals surface area contributed by atoms with E-state index in [1.54, 1.807) is 6.20 Å². The molecule has 18 heavy (non-hydrogen) atoms. The zero-order chi connectivity index (χ0) is 12.4. The van der Waals surface area contributed by atoms with Gasteiger partial charge < -0.3 is 4.74 Å². The van der Waals surface area contributed by atoms with Gasteiger partial charge in [0, 0.05) is 6.20 Å². The molecule has 0 saturated heterocycles. The average Bonchev–Trinajstić information content (AvgIpc) is 2.41. The Morgan fingerprint density at radius 2 is 1.94 bits per heavy atom. The average molecular weight is 352 g/mol. The number of ether oxygens (including phenoxy) is 1. The zero-order valence-electron chi connectivity index (χ0n) is 9.90. The molecule has 1 heterocycles. The van der Waals surface area contributed by atoms with Gasteiger partial charge in [0.15, 0.2) is 0 Å². The first-order valence-corrected chi connectivity index (χ1v) is 7.16. The minimum Gasteiger partial charge on any atom is -0.438 e. The monoisotopic (exact) mass is 352 g/mol. The van der Waals surface area contributed by atoms with E-state index in [2.05, 4.69) is 44.7 Å². The van der Waals surface area contributed by atoms with E-state index in [0.717, 1.165) is 15.7 Å². The van der Waals surface area contributed by atoms with Crippen LogP contribution in [0.1, 0.15) is 24.0 Å². The summed E-state index contributed by atoms with van der Waals surface area (Å²) in [6.07, 6.45) is 8.20. The smallest absolute Gasteiger partial charge is 0.235 e. The SMILES string of the molecule is Ic1cncnc1Oc1ccc2c(c1)CCCC2. The van der Waals surface area contributed by atoms with Crippen LogP contribution in [-0.2, 0) is 12.8 Å². The molecule has 0 saturated carbocycles. The number of nitrogens with zero attached hydrogens (tertiary/aromatic N) is 2. The van der Waals surface area contributed by atoms with Gasteiger partial charge in [-0.05, 0) is 71.5 Å². The summed E-state index contributed by atoms with van der Waals surface area (Å²) < 4.78 is 6.74. The lowest BCUT2D eigenvalue weighted by molar-refractivity contribution is 0.456. The predicted octanol–water partition coefficient (Wildman–Crippen LogP) is 3.75. The van der Waals surface area contributed by atoms with Crippen molar-refractivity contribution < 1.29 is 4.74 Å². The van der Waals surface area contributed by atoms with E-state index in [4.69, 9.17) is 4.74 Å². The largest absolute Gasteiger partial charge is 0.438 e. The molecule has 1 aliphatic rings. The van der Waals surface area contributed by atoms with Crippen LogP contribution in [0, 0.1) is 3.57 Å².